The minimum absolute atomic E-state index is 0.0449. The van der Waals surface area contributed by atoms with E-state index in [1.54, 1.807) is 4.90 Å². The number of carboxylic acid groups (broad SMARTS) is 1. The Balaban J connectivity index is 2.22. The second kappa shape index (κ2) is 10.5. The van der Waals surface area contributed by atoms with Crippen molar-refractivity contribution in [2.24, 2.45) is 0 Å². The molecule has 2 rings (SSSR count). The van der Waals surface area contributed by atoms with Gasteiger partial charge in [-0.15, -0.1) is 0 Å². The predicted molar refractivity (Wildman–Crippen MR) is 138 cm³/mol. The Morgan fingerprint density at radius 2 is 1.62 bits per heavy atom. The second-order valence-corrected chi connectivity index (χ2v) is 12.7. The lowest BCUT2D eigenvalue weighted by Crippen LogP contribution is -2.62. The van der Waals surface area contributed by atoms with Crippen LogP contribution < -0.4 is 5.32 Å². The first kappa shape index (κ1) is 28.6. The maximum atomic E-state index is 12.4. The Labute approximate surface area is 207 Å². The average Bonchev–Trinajstić information content (AvgIpc) is 2.68. The molecule has 1 aliphatic heterocycles. The Bertz CT molecular complexity index is 815. The molecule has 2 N–H and O–H groups in total. The molecule has 1 amide bonds. The fraction of sp³-hybridized carbons (Fsp3) is 0.750. The van der Waals surface area contributed by atoms with Crippen molar-refractivity contribution in [1.82, 2.24) is 10.2 Å². The zero-order valence-electron chi connectivity index (χ0n) is 23.1. The fourth-order valence-corrected chi connectivity index (χ4v) is 5.35. The summed E-state index contributed by atoms with van der Waals surface area (Å²) in [7, 11) is 0. The lowest BCUT2D eigenvalue weighted by molar-refractivity contribution is -0.402. The van der Waals surface area contributed by atoms with Crippen LogP contribution in [-0.4, -0.2) is 44.4 Å². The summed E-state index contributed by atoms with van der Waals surface area (Å²) >= 11 is 0. The van der Waals surface area contributed by atoms with Crippen LogP contribution in [0.2, 0.25) is 0 Å². The van der Waals surface area contributed by atoms with Crippen LogP contribution in [0.3, 0.4) is 0 Å². The van der Waals surface area contributed by atoms with Gasteiger partial charge in [0.05, 0.1) is 11.2 Å². The molecule has 0 radical (unpaired) electrons. The second-order valence-electron chi connectivity index (χ2n) is 12.7. The molecule has 0 spiro atoms. The van der Waals surface area contributed by atoms with Gasteiger partial charge in [0, 0.05) is 23.7 Å². The highest BCUT2D eigenvalue weighted by atomic mass is 17.2. The number of piperidine rings is 1. The summed E-state index contributed by atoms with van der Waals surface area (Å²) < 4.78 is 0. The third-order valence-electron chi connectivity index (χ3n) is 6.92. The molecule has 0 aliphatic carbocycles. The maximum Gasteiger partial charge on any atom is 0.407 e. The molecule has 34 heavy (non-hydrogen) atoms. The zero-order valence-corrected chi connectivity index (χ0v) is 23.1. The molecule has 1 aromatic rings. The van der Waals surface area contributed by atoms with Gasteiger partial charge in [-0.1, -0.05) is 38.1 Å². The first-order valence-electron chi connectivity index (χ1n) is 12.7. The molecule has 0 bridgehead atoms. The SMILES string of the molecule is CCC(C)(C)OOC(C)(C)CC(C)c1ccccc1CN(C(=O)O)C1CC(C)(C)NC(C)(C)C1. The summed E-state index contributed by atoms with van der Waals surface area (Å²) in [5.41, 5.74) is 1.15. The van der Waals surface area contributed by atoms with E-state index in [1.807, 2.05) is 39.8 Å². The van der Waals surface area contributed by atoms with E-state index in [-0.39, 0.29) is 28.6 Å². The molecule has 0 aromatic heterocycles. The van der Waals surface area contributed by atoms with Gasteiger partial charge in [0.25, 0.3) is 0 Å². The van der Waals surface area contributed by atoms with Gasteiger partial charge in [0.1, 0.15) is 0 Å². The van der Waals surface area contributed by atoms with E-state index in [4.69, 9.17) is 9.78 Å². The van der Waals surface area contributed by atoms with Crippen molar-refractivity contribution >= 4 is 6.09 Å². The molecular formula is C28H48N2O4. The third kappa shape index (κ3) is 8.24. The highest BCUT2D eigenvalue weighted by Crippen LogP contribution is 2.35. The Kier molecular flexibility index (Phi) is 8.88. The molecule has 1 unspecified atom stereocenters. The Hall–Kier alpha value is -1.63. The minimum Gasteiger partial charge on any atom is -0.465 e. The van der Waals surface area contributed by atoms with Crippen molar-refractivity contribution in [1.29, 1.82) is 0 Å². The minimum atomic E-state index is -0.861. The first-order valence-corrected chi connectivity index (χ1v) is 12.7. The molecule has 1 fully saturated rings. The molecular weight excluding hydrogens is 428 g/mol. The summed E-state index contributed by atoms with van der Waals surface area (Å²) in [5.74, 6) is 0.177. The Morgan fingerprint density at radius 3 is 2.15 bits per heavy atom. The molecule has 6 nitrogen and oxygen atoms in total. The van der Waals surface area contributed by atoms with E-state index in [2.05, 4.69) is 59.0 Å². The van der Waals surface area contributed by atoms with Crippen molar-refractivity contribution in [2.45, 2.75) is 136 Å². The van der Waals surface area contributed by atoms with E-state index >= 15 is 0 Å². The van der Waals surface area contributed by atoms with Crippen molar-refractivity contribution < 1.29 is 19.7 Å². The normalized spacial score (nSPS) is 19.6. The van der Waals surface area contributed by atoms with Crippen LogP contribution >= 0.6 is 0 Å². The number of hydrogen-bond acceptors (Lipinski definition) is 4. The monoisotopic (exact) mass is 476 g/mol. The number of benzene rings is 1. The van der Waals surface area contributed by atoms with Crippen LogP contribution in [0.15, 0.2) is 24.3 Å². The van der Waals surface area contributed by atoms with E-state index in [0.717, 1.165) is 36.8 Å². The maximum absolute atomic E-state index is 12.4. The van der Waals surface area contributed by atoms with E-state index in [0.29, 0.717) is 6.54 Å². The largest absolute Gasteiger partial charge is 0.465 e. The van der Waals surface area contributed by atoms with Gasteiger partial charge < -0.3 is 15.3 Å². The molecule has 1 aromatic carbocycles. The first-order chi connectivity index (χ1) is 15.5. The third-order valence-corrected chi connectivity index (χ3v) is 6.92. The number of nitrogens with one attached hydrogen (secondary N) is 1. The van der Waals surface area contributed by atoms with Crippen molar-refractivity contribution in [2.75, 3.05) is 0 Å². The summed E-state index contributed by atoms with van der Waals surface area (Å²) in [6, 6.07) is 8.15. The zero-order chi connectivity index (χ0) is 25.9. The van der Waals surface area contributed by atoms with Gasteiger partial charge in [-0.05, 0) is 98.1 Å². The van der Waals surface area contributed by atoms with Gasteiger partial charge in [-0.3, -0.25) is 0 Å². The van der Waals surface area contributed by atoms with Gasteiger partial charge in [0.2, 0.25) is 0 Å². The van der Waals surface area contributed by atoms with Crippen LogP contribution in [0.1, 0.15) is 112 Å². The number of carbonyl (C=O) groups is 1. The van der Waals surface area contributed by atoms with Crippen molar-refractivity contribution in [3.05, 3.63) is 35.4 Å². The summed E-state index contributed by atoms with van der Waals surface area (Å²) in [5, 5.41) is 13.8. The molecule has 1 aliphatic rings. The number of hydrogen-bond donors (Lipinski definition) is 2. The van der Waals surface area contributed by atoms with Crippen molar-refractivity contribution in [3.8, 4) is 0 Å². The van der Waals surface area contributed by atoms with Gasteiger partial charge in [0.15, 0.2) is 0 Å². The summed E-state index contributed by atoms with van der Waals surface area (Å²) in [4.78, 5) is 25.7. The molecule has 1 saturated heterocycles. The van der Waals surface area contributed by atoms with Crippen molar-refractivity contribution in [3.63, 3.8) is 0 Å². The summed E-state index contributed by atoms with van der Waals surface area (Å²) in [6.07, 6.45) is 2.32. The highest BCUT2D eigenvalue weighted by Gasteiger charge is 2.41. The van der Waals surface area contributed by atoms with Crippen LogP contribution in [0.4, 0.5) is 4.79 Å². The molecule has 1 heterocycles. The van der Waals surface area contributed by atoms with Crippen LogP contribution in [-0.2, 0) is 16.3 Å². The van der Waals surface area contributed by atoms with E-state index in [9.17, 15) is 9.90 Å². The highest BCUT2D eigenvalue weighted by molar-refractivity contribution is 5.65. The number of rotatable bonds is 10. The van der Waals surface area contributed by atoms with Gasteiger partial charge >= 0.3 is 6.09 Å². The fourth-order valence-electron chi connectivity index (χ4n) is 5.35. The molecule has 1 atom stereocenters. The predicted octanol–water partition coefficient (Wildman–Crippen LogP) is 6.88. The molecule has 0 saturated carbocycles. The smallest absolute Gasteiger partial charge is 0.407 e. The number of nitrogens with zero attached hydrogens (tertiary/aromatic N) is 1. The standard InChI is InChI=1S/C28H48N2O4/c1-11-27(7,8)33-34-28(9,10)16-20(2)23-15-13-12-14-21(23)19-30(24(31)32)22-17-25(3,4)29-26(5,6)18-22/h12-15,20,22,29H,11,16-19H2,1-10H3,(H,31,32). The van der Waals surface area contributed by atoms with Crippen LogP contribution in [0.5, 0.6) is 0 Å². The molecule has 194 valence electrons. The molecule has 6 heteroatoms. The van der Waals surface area contributed by atoms with E-state index < -0.39 is 11.7 Å². The van der Waals surface area contributed by atoms with Crippen LogP contribution in [0, 0.1) is 0 Å². The lowest BCUT2D eigenvalue weighted by atomic mass is 9.79. The quantitative estimate of drug-likeness (QED) is 0.284. The Morgan fingerprint density at radius 1 is 1.09 bits per heavy atom. The lowest BCUT2D eigenvalue weighted by Gasteiger charge is -2.49. The van der Waals surface area contributed by atoms with Gasteiger partial charge in [-0.25, -0.2) is 14.6 Å². The average molecular weight is 477 g/mol. The van der Waals surface area contributed by atoms with Gasteiger partial charge in [-0.2, -0.15) is 0 Å². The summed E-state index contributed by atoms with van der Waals surface area (Å²) in [6.45, 7) is 21.4. The van der Waals surface area contributed by atoms with Crippen LogP contribution in [0.25, 0.3) is 0 Å². The topological polar surface area (TPSA) is 71.0 Å². The number of amides is 1. The van der Waals surface area contributed by atoms with E-state index in [1.165, 1.54) is 0 Å².